The van der Waals surface area contributed by atoms with Gasteiger partial charge in [0.25, 0.3) is 0 Å². The number of rotatable bonds is 2. The first-order valence-corrected chi connectivity index (χ1v) is 5.83. The molecule has 0 bridgehead atoms. The number of aryl methyl sites for hydroxylation is 1. The second kappa shape index (κ2) is 3.86. The first kappa shape index (κ1) is 11.1. The van der Waals surface area contributed by atoms with Crippen LogP contribution in [0.1, 0.15) is 26.6 Å². The molecule has 1 N–H and O–H groups in total. The second-order valence-electron chi connectivity index (χ2n) is 4.67. The SMILES string of the molecule is Cn1ccc(Nc2nc(C(C)(C)C)ns2)n1. The van der Waals surface area contributed by atoms with Gasteiger partial charge in [0.2, 0.25) is 5.13 Å². The zero-order valence-corrected chi connectivity index (χ0v) is 10.7. The molecule has 0 unspecified atom stereocenters. The first-order valence-electron chi connectivity index (χ1n) is 5.06. The highest BCUT2D eigenvalue weighted by atomic mass is 32.1. The number of nitrogens with zero attached hydrogens (tertiary/aromatic N) is 4. The van der Waals surface area contributed by atoms with Gasteiger partial charge in [-0.2, -0.15) is 9.47 Å². The predicted molar refractivity (Wildman–Crippen MR) is 65.1 cm³/mol. The fourth-order valence-corrected chi connectivity index (χ4v) is 1.94. The molecule has 2 aromatic rings. The van der Waals surface area contributed by atoms with Crippen LogP contribution in [0.25, 0.3) is 0 Å². The van der Waals surface area contributed by atoms with E-state index in [0.29, 0.717) is 0 Å². The summed E-state index contributed by atoms with van der Waals surface area (Å²) in [5.41, 5.74) is -0.0133. The molecular formula is C10H15N5S. The van der Waals surface area contributed by atoms with Crippen LogP contribution >= 0.6 is 11.5 Å². The lowest BCUT2D eigenvalue weighted by Crippen LogP contribution is -2.13. The highest BCUT2D eigenvalue weighted by Gasteiger charge is 2.19. The summed E-state index contributed by atoms with van der Waals surface area (Å²) in [5.74, 6) is 1.65. The van der Waals surface area contributed by atoms with Crippen molar-refractivity contribution in [2.24, 2.45) is 7.05 Å². The monoisotopic (exact) mass is 237 g/mol. The average Bonchev–Trinajstić information content (AvgIpc) is 2.74. The summed E-state index contributed by atoms with van der Waals surface area (Å²) in [5, 5.41) is 8.13. The van der Waals surface area contributed by atoms with E-state index in [1.54, 1.807) is 4.68 Å². The van der Waals surface area contributed by atoms with Gasteiger partial charge in [-0.05, 0) is 0 Å². The largest absolute Gasteiger partial charge is 0.313 e. The minimum absolute atomic E-state index is 0.0133. The van der Waals surface area contributed by atoms with Crippen LogP contribution < -0.4 is 5.32 Å². The molecule has 0 aliphatic rings. The standard InChI is InChI=1S/C10H15N5S/c1-10(2,3)8-12-9(16-14-8)11-7-5-6-15(4)13-7/h5-6H,1-4H3,(H,11,12,13,14). The van der Waals surface area contributed by atoms with E-state index >= 15 is 0 Å². The van der Waals surface area contributed by atoms with Crippen LogP contribution in [-0.4, -0.2) is 19.1 Å². The Morgan fingerprint density at radius 2 is 2.12 bits per heavy atom. The van der Waals surface area contributed by atoms with Gasteiger partial charge in [-0.15, -0.1) is 0 Å². The van der Waals surface area contributed by atoms with Gasteiger partial charge < -0.3 is 5.32 Å². The van der Waals surface area contributed by atoms with Crippen molar-refractivity contribution in [1.29, 1.82) is 0 Å². The zero-order chi connectivity index (χ0) is 11.8. The van der Waals surface area contributed by atoms with Crippen molar-refractivity contribution in [3.63, 3.8) is 0 Å². The molecule has 0 radical (unpaired) electrons. The smallest absolute Gasteiger partial charge is 0.208 e. The van der Waals surface area contributed by atoms with Crippen molar-refractivity contribution < 1.29 is 0 Å². The van der Waals surface area contributed by atoms with Crippen molar-refractivity contribution in [3.8, 4) is 0 Å². The van der Waals surface area contributed by atoms with E-state index in [-0.39, 0.29) is 5.41 Å². The minimum Gasteiger partial charge on any atom is -0.313 e. The molecule has 2 rings (SSSR count). The molecule has 5 nitrogen and oxygen atoms in total. The lowest BCUT2D eigenvalue weighted by atomic mass is 9.96. The average molecular weight is 237 g/mol. The molecule has 0 amide bonds. The van der Waals surface area contributed by atoms with Gasteiger partial charge >= 0.3 is 0 Å². The van der Waals surface area contributed by atoms with Crippen molar-refractivity contribution in [3.05, 3.63) is 18.1 Å². The minimum atomic E-state index is -0.0133. The maximum absolute atomic E-state index is 4.43. The summed E-state index contributed by atoms with van der Waals surface area (Å²) >= 11 is 1.36. The second-order valence-corrected chi connectivity index (χ2v) is 5.42. The molecule has 0 fully saturated rings. The van der Waals surface area contributed by atoms with E-state index in [1.165, 1.54) is 11.5 Å². The van der Waals surface area contributed by atoms with E-state index in [4.69, 9.17) is 0 Å². The van der Waals surface area contributed by atoms with Crippen LogP contribution in [0.3, 0.4) is 0 Å². The van der Waals surface area contributed by atoms with E-state index in [1.807, 2.05) is 19.3 Å². The van der Waals surface area contributed by atoms with Gasteiger partial charge in [-0.3, -0.25) is 4.68 Å². The number of hydrogen-bond acceptors (Lipinski definition) is 5. The van der Waals surface area contributed by atoms with Gasteiger partial charge in [0.05, 0.1) is 0 Å². The third kappa shape index (κ3) is 2.38. The van der Waals surface area contributed by atoms with Crippen molar-refractivity contribution in [2.75, 3.05) is 5.32 Å². The fourth-order valence-electron chi connectivity index (χ4n) is 1.17. The summed E-state index contributed by atoms with van der Waals surface area (Å²) in [7, 11) is 1.88. The van der Waals surface area contributed by atoms with E-state index in [0.717, 1.165) is 16.8 Å². The van der Waals surface area contributed by atoms with Gasteiger partial charge in [-0.1, -0.05) is 20.8 Å². The molecule has 0 saturated heterocycles. The molecule has 0 saturated carbocycles. The molecule has 86 valence electrons. The fraction of sp³-hybridized carbons (Fsp3) is 0.500. The van der Waals surface area contributed by atoms with Crippen LogP contribution in [-0.2, 0) is 12.5 Å². The quantitative estimate of drug-likeness (QED) is 0.870. The first-order chi connectivity index (χ1) is 7.45. The van der Waals surface area contributed by atoms with Crippen LogP contribution in [0.2, 0.25) is 0 Å². The molecule has 0 aliphatic carbocycles. The van der Waals surface area contributed by atoms with Crippen LogP contribution in [0.4, 0.5) is 10.9 Å². The van der Waals surface area contributed by atoms with Gasteiger partial charge in [0.1, 0.15) is 5.82 Å². The lowest BCUT2D eigenvalue weighted by molar-refractivity contribution is 0.555. The molecule has 16 heavy (non-hydrogen) atoms. The number of aromatic nitrogens is 4. The maximum atomic E-state index is 4.43. The highest BCUT2D eigenvalue weighted by molar-refractivity contribution is 7.09. The Balaban J connectivity index is 2.14. The van der Waals surface area contributed by atoms with E-state index in [9.17, 15) is 0 Å². The Morgan fingerprint density at radius 3 is 2.62 bits per heavy atom. The maximum Gasteiger partial charge on any atom is 0.208 e. The van der Waals surface area contributed by atoms with E-state index < -0.39 is 0 Å². The summed E-state index contributed by atoms with van der Waals surface area (Å²) in [6.45, 7) is 6.29. The Kier molecular flexibility index (Phi) is 2.67. The summed E-state index contributed by atoms with van der Waals surface area (Å²) in [6, 6.07) is 1.90. The van der Waals surface area contributed by atoms with Crippen molar-refractivity contribution in [2.45, 2.75) is 26.2 Å². The molecule has 2 heterocycles. The van der Waals surface area contributed by atoms with Gasteiger partial charge in [0.15, 0.2) is 5.82 Å². The van der Waals surface area contributed by atoms with Crippen LogP contribution in [0, 0.1) is 0 Å². The van der Waals surface area contributed by atoms with Crippen molar-refractivity contribution in [1.82, 2.24) is 19.1 Å². The van der Waals surface area contributed by atoms with E-state index in [2.05, 4.69) is 40.5 Å². The molecule has 2 aromatic heterocycles. The van der Waals surface area contributed by atoms with Crippen molar-refractivity contribution >= 4 is 22.5 Å². The molecule has 0 aromatic carbocycles. The summed E-state index contributed by atoms with van der Waals surface area (Å²) < 4.78 is 6.07. The molecule has 0 atom stereocenters. The Bertz CT molecular complexity index is 479. The van der Waals surface area contributed by atoms with Gasteiger partial charge in [0, 0.05) is 36.3 Å². The lowest BCUT2D eigenvalue weighted by Gasteiger charge is -2.12. The Hall–Kier alpha value is -1.43. The Labute approximate surface area is 98.7 Å². The van der Waals surface area contributed by atoms with Crippen LogP contribution in [0.5, 0.6) is 0 Å². The number of anilines is 2. The molecule has 6 heteroatoms. The third-order valence-electron chi connectivity index (χ3n) is 2.05. The summed E-state index contributed by atoms with van der Waals surface area (Å²) in [4.78, 5) is 4.43. The number of nitrogens with one attached hydrogen (secondary N) is 1. The van der Waals surface area contributed by atoms with Gasteiger partial charge in [-0.25, -0.2) is 4.98 Å². The highest BCUT2D eigenvalue weighted by Crippen LogP contribution is 2.24. The molecular weight excluding hydrogens is 222 g/mol. The summed E-state index contributed by atoms with van der Waals surface area (Å²) in [6.07, 6.45) is 1.88. The molecule has 0 spiro atoms. The van der Waals surface area contributed by atoms with Crippen LogP contribution in [0.15, 0.2) is 12.3 Å². The third-order valence-corrected chi connectivity index (χ3v) is 2.68. The Morgan fingerprint density at radius 1 is 1.38 bits per heavy atom. The predicted octanol–water partition coefficient (Wildman–Crippen LogP) is 2.31. The normalized spacial score (nSPS) is 11.8. The molecule has 0 aliphatic heterocycles. The number of hydrogen-bond donors (Lipinski definition) is 1. The topological polar surface area (TPSA) is 55.6 Å². The zero-order valence-electron chi connectivity index (χ0n) is 9.85.